The summed E-state index contributed by atoms with van der Waals surface area (Å²) in [5.74, 6) is 0. The van der Waals surface area contributed by atoms with Crippen LogP contribution in [0.15, 0.2) is 0 Å². The fourth-order valence-corrected chi connectivity index (χ4v) is 3.22. The second-order valence-corrected chi connectivity index (χ2v) is 6.82. The molecule has 0 heterocycles. The van der Waals surface area contributed by atoms with E-state index >= 15 is 0 Å². The van der Waals surface area contributed by atoms with Crippen molar-refractivity contribution in [2.24, 2.45) is 0 Å². The predicted molar refractivity (Wildman–Crippen MR) is 87.9 cm³/mol. The van der Waals surface area contributed by atoms with Crippen LogP contribution in [0.3, 0.4) is 0 Å². The third-order valence-corrected chi connectivity index (χ3v) is 5.52. The Hall–Kier alpha value is -0.0800. The van der Waals surface area contributed by atoms with Gasteiger partial charge >= 0.3 is 0 Å². The number of nitrogens with zero attached hydrogens (tertiary/aromatic N) is 2. The molecule has 0 aromatic carbocycles. The predicted octanol–water partition coefficient (Wildman–Crippen LogP) is 4.40. The second-order valence-electron chi connectivity index (χ2n) is 6.82. The minimum Gasteiger partial charge on any atom is -0.304 e. The van der Waals surface area contributed by atoms with Crippen molar-refractivity contribution in [3.05, 3.63) is 0 Å². The number of rotatable bonds is 10. The number of hydrogen-bond donors (Lipinski definition) is 0. The molecule has 0 spiro atoms. The first kappa shape index (κ1) is 18.9. The van der Waals surface area contributed by atoms with E-state index in [9.17, 15) is 0 Å². The van der Waals surface area contributed by atoms with Gasteiger partial charge in [-0.1, -0.05) is 27.2 Å². The fraction of sp³-hybridized carbons (Fsp3) is 1.00. The van der Waals surface area contributed by atoms with Crippen LogP contribution >= 0.6 is 0 Å². The van der Waals surface area contributed by atoms with E-state index in [1.807, 2.05) is 0 Å². The largest absolute Gasteiger partial charge is 0.304 e. The van der Waals surface area contributed by atoms with Crippen molar-refractivity contribution in [3.8, 4) is 0 Å². The van der Waals surface area contributed by atoms with Crippen LogP contribution in [-0.2, 0) is 0 Å². The molecule has 2 atom stereocenters. The maximum atomic E-state index is 2.47. The molecule has 2 unspecified atom stereocenters. The summed E-state index contributed by atoms with van der Waals surface area (Å²) in [6, 6.07) is 0. The molecule has 2 nitrogen and oxygen atoms in total. The Morgan fingerprint density at radius 2 is 1.32 bits per heavy atom. The molecule has 2 heteroatoms. The molecule has 0 fully saturated rings. The normalized spacial score (nSPS) is 18.6. The summed E-state index contributed by atoms with van der Waals surface area (Å²) in [5, 5.41) is 0. The zero-order chi connectivity index (χ0) is 15.1. The van der Waals surface area contributed by atoms with Crippen LogP contribution in [0.25, 0.3) is 0 Å². The van der Waals surface area contributed by atoms with Crippen molar-refractivity contribution in [1.82, 2.24) is 9.80 Å². The quantitative estimate of drug-likeness (QED) is 0.580. The monoisotopic (exact) mass is 270 g/mol. The molecule has 0 saturated heterocycles. The van der Waals surface area contributed by atoms with E-state index in [1.165, 1.54) is 44.9 Å². The first-order valence-electron chi connectivity index (χ1n) is 8.13. The van der Waals surface area contributed by atoms with Gasteiger partial charge in [0.2, 0.25) is 0 Å². The van der Waals surface area contributed by atoms with Crippen molar-refractivity contribution >= 4 is 0 Å². The minimum atomic E-state index is 0.359. The third-order valence-electron chi connectivity index (χ3n) is 5.52. The highest BCUT2D eigenvalue weighted by atomic mass is 15.1. The van der Waals surface area contributed by atoms with Crippen molar-refractivity contribution in [1.29, 1.82) is 0 Å². The molecule has 0 rings (SSSR count). The van der Waals surface area contributed by atoms with Gasteiger partial charge < -0.3 is 9.80 Å². The fourth-order valence-electron chi connectivity index (χ4n) is 3.22. The molecule has 0 aromatic heterocycles. The van der Waals surface area contributed by atoms with Crippen LogP contribution in [0, 0.1) is 0 Å². The van der Waals surface area contributed by atoms with Gasteiger partial charge in [0.1, 0.15) is 0 Å². The van der Waals surface area contributed by atoms with Gasteiger partial charge in [-0.25, -0.2) is 0 Å². The van der Waals surface area contributed by atoms with E-state index in [0.29, 0.717) is 11.1 Å². The number of hydrogen-bond acceptors (Lipinski definition) is 2. The SMILES string of the molecule is CCCC(CC)(CCCC(C)(CC)N(C)C)N(C)C. The van der Waals surface area contributed by atoms with Crippen molar-refractivity contribution < 1.29 is 0 Å². The first-order chi connectivity index (χ1) is 8.78. The van der Waals surface area contributed by atoms with Crippen LogP contribution in [0.4, 0.5) is 0 Å². The van der Waals surface area contributed by atoms with Gasteiger partial charge in [0.15, 0.2) is 0 Å². The van der Waals surface area contributed by atoms with E-state index in [4.69, 9.17) is 0 Å². The Kier molecular flexibility index (Phi) is 8.23. The van der Waals surface area contributed by atoms with Gasteiger partial charge in [0.25, 0.3) is 0 Å². The molecule has 19 heavy (non-hydrogen) atoms. The van der Waals surface area contributed by atoms with Crippen molar-refractivity contribution in [3.63, 3.8) is 0 Å². The van der Waals surface area contributed by atoms with Gasteiger partial charge in [-0.05, 0) is 73.6 Å². The summed E-state index contributed by atoms with van der Waals surface area (Å²) in [7, 11) is 8.94. The average molecular weight is 271 g/mol. The standard InChI is InChI=1S/C17H38N2/c1-9-13-17(11-3,19(7)8)15-12-14-16(4,10-2)18(5)6/h9-15H2,1-8H3. The van der Waals surface area contributed by atoms with Gasteiger partial charge in [-0.2, -0.15) is 0 Å². The van der Waals surface area contributed by atoms with E-state index in [2.05, 4.69) is 65.7 Å². The molecule has 0 radical (unpaired) electrons. The van der Waals surface area contributed by atoms with Crippen LogP contribution in [-0.4, -0.2) is 49.1 Å². The molecular weight excluding hydrogens is 232 g/mol. The van der Waals surface area contributed by atoms with Crippen molar-refractivity contribution in [2.75, 3.05) is 28.2 Å². The van der Waals surface area contributed by atoms with Crippen LogP contribution in [0.5, 0.6) is 0 Å². The average Bonchev–Trinajstić information content (AvgIpc) is 2.36. The highest BCUT2D eigenvalue weighted by molar-refractivity contribution is 4.88. The Labute approximate surface area is 122 Å². The molecule has 0 aliphatic carbocycles. The summed E-state index contributed by atoms with van der Waals surface area (Å²) in [6.07, 6.45) is 9.05. The van der Waals surface area contributed by atoms with Crippen LogP contribution < -0.4 is 0 Å². The lowest BCUT2D eigenvalue weighted by atomic mass is 9.81. The lowest BCUT2D eigenvalue weighted by molar-refractivity contribution is 0.0989. The van der Waals surface area contributed by atoms with Gasteiger partial charge in [0.05, 0.1) is 0 Å². The molecule has 0 aromatic rings. The summed E-state index contributed by atoms with van der Waals surface area (Å²) in [4.78, 5) is 4.87. The Bertz CT molecular complexity index is 237. The van der Waals surface area contributed by atoms with E-state index in [-0.39, 0.29) is 0 Å². The van der Waals surface area contributed by atoms with E-state index in [1.54, 1.807) is 0 Å². The minimum absolute atomic E-state index is 0.359. The summed E-state index contributed by atoms with van der Waals surface area (Å²) < 4.78 is 0. The Balaban J connectivity index is 4.57. The smallest absolute Gasteiger partial charge is 0.0200 e. The summed E-state index contributed by atoms with van der Waals surface area (Å²) in [6.45, 7) is 9.37. The lowest BCUT2D eigenvalue weighted by Gasteiger charge is -2.42. The van der Waals surface area contributed by atoms with Crippen LogP contribution in [0.2, 0.25) is 0 Å². The van der Waals surface area contributed by atoms with Gasteiger partial charge in [-0.3, -0.25) is 0 Å². The van der Waals surface area contributed by atoms with Gasteiger partial charge in [0, 0.05) is 11.1 Å². The van der Waals surface area contributed by atoms with E-state index in [0.717, 1.165) is 0 Å². The highest BCUT2D eigenvalue weighted by Crippen LogP contribution is 2.32. The molecule has 0 amide bonds. The topological polar surface area (TPSA) is 6.48 Å². The maximum Gasteiger partial charge on any atom is 0.0200 e. The van der Waals surface area contributed by atoms with Crippen LogP contribution in [0.1, 0.15) is 72.6 Å². The highest BCUT2D eigenvalue weighted by Gasteiger charge is 2.31. The zero-order valence-corrected chi connectivity index (χ0v) is 14.8. The molecular formula is C17H38N2. The maximum absolute atomic E-state index is 2.47. The first-order valence-corrected chi connectivity index (χ1v) is 8.13. The summed E-state index contributed by atoms with van der Waals surface area (Å²) in [5.41, 5.74) is 0.772. The van der Waals surface area contributed by atoms with Gasteiger partial charge in [-0.15, -0.1) is 0 Å². The molecule has 0 bridgehead atoms. The van der Waals surface area contributed by atoms with Crippen molar-refractivity contribution in [2.45, 2.75) is 83.7 Å². The Morgan fingerprint density at radius 3 is 1.63 bits per heavy atom. The lowest BCUT2D eigenvalue weighted by Crippen LogP contribution is -2.45. The molecule has 0 N–H and O–H groups in total. The summed E-state index contributed by atoms with van der Waals surface area (Å²) >= 11 is 0. The van der Waals surface area contributed by atoms with E-state index < -0.39 is 0 Å². The molecule has 0 aliphatic rings. The Morgan fingerprint density at radius 1 is 0.737 bits per heavy atom. The molecule has 116 valence electrons. The molecule has 0 aliphatic heterocycles. The second kappa shape index (κ2) is 8.26. The zero-order valence-electron chi connectivity index (χ0n) is 14.8. The molecule has 0 saturated carbocycles. The third kappa shape index (κ3) is 5.07.